The molecule has 0 aliphatic carbocycles. The molecule has 0 radical (unpaired) electrons. The van der Waals surface area contributed by atoms with Crippen LogP contribution in [0.3, 0.4) is 0 Å². The van der Waals surface area contributed by atoms with Gasteiger partial charge in [0.25, 0.3) is 0 Å². The number of benzene rings is 1. The molecule has 13 heteroatoms. The number of ether oxygens (including phenoxy) is 2. The predicted octanol–water partition coefficient (Wildman–Crippen LogP) is 4.62. The molecule has 3 atom stereocenters. The minimum atomic E-state index is -4.12. The number of anilines is 1. The Morgan fingerprint density at radius 3 is 2.60 bits per heavy atom. The summed E-state index contributed by atoms with van der Waals surface area (Å²) in [5.74, 6) is 0.533. The van der Waals surface area contributed by atoms with E-state index >= 15 is 0 Å². The van der Waals surface area contributed by atoms with Crippen LogP contribution in [0.5, 0.6) is 5.75 Å². The fraction of sp³-hybridized carbons (Fsp3) is 0.407. The first-order chi connectivity index (χ1) is 19.1. The Bertz CT molecular complexity index is 1510. The molecule has 4 rings (SSSR count). The number of esters is 1. The maximum Gasteiger partial charge on any atom is 0.459 e. The molecule has 0 unspecified atom stereocenters. The standard InChI is InChI=1S/C27H35N6O6P/c1-6-36-16-23-31-24-25(21-11-7-8-12-22(21)30-26(24)28)33(23)15-18(4)38-40(35,39-20-10-9-13-29-14-20)32-19(5)27(34)37-17(2)3/h7-14,17-19H,6,15-16H2,1-5H3,(H2,28,30)(H,32,35)/t18-,19+,40+/m1/s1. The van der Waals surface area contributed by atoms with Gasteiger partial charge in [0.2, 0.25) is 0 Å². The second kappa shape index (κ2) is 12.7. The van der Waals surface area contributed by atoms with Gasteiger partial charge in [-0.05, 0) is 52.8 Å². The van der Waals surface area contributed by atoms with E-state index in [0.29, 0.717) is 23.8 Å². The maximum absolute atomic E-state index is 14.0. The molecule has 3 heterocycles. The fourth-order valence-electron chi connectivity index (χ4n) is 4.17. The molecule has 12 nitrogen and oxygen atoms in total. The van der Waals surface area contributed by atoms with Gasteiger partial charge in [-0.3, -0.25) is 14.3 Å². The number of rotatable bonds is 13. The van der Waals surface area contributed by atoms with Gasteiger partial charge in [-0.25, -0.2) is 14.5 Å². The van der Waals surface area contributed by atoms with Crippen LogP contribution in [0.25, 0.3) is 21.9 Å². The van der Waals surface area contributed by atoms with Crippen LogP contribution < -0.4 is 15.3 Å². The molecular formula is C27H35N6O6P. The Balaban J connectivity index is 1.68. The highest BCUT2D eigenvalue weighted by Gasteiger charge is 2.35. The molecule has 40 heavy (non-hydrogen) atoms. The van der Waals surface area contributed by atoms with Crippen molar-refractivity contribution < 1.29 is 27.9 Å². The van der Waals surface area contributed by atoms with E-state index in [1.54, 1.807) is 39.1 Å². The average Bonchev–Trinajstić information content (AvgIpc) is 3.26. The monoisotopic (exact) mass is 570 g/mol. The topological polar surface area (TPSA) is 153 Å². The summed E-state index contributed by atoms with van der Waals surface area (Å²) in [4.78, 5) is 25.7. The summed E-state index contributed by atoms with van der Waals surface area (Å²) in [5, 5.41) is 3.57. The molecule has 0 aliphatic rings. The van der Waals surface area contributed by atoms with Crippen molar-refractivity contribution in [2.24, 2.45) is 0 Å². The minimum Gasteiger partial charge on any atom is -0.462 e. The molecule has 0 spiro atoms. The molecule has 0 aliphatic heterocycles. The zero-order chi connectivity index (χ0) is 28.9. The van der Waals surface area contributed by atoms with Crippen molar-refractivity contribution >= 4 is 41.5 Å². The quantitative estimate of drug-likeness (QED) is 0.171. The maximum atomic E-state index is 14.0. The van der Waals surface area contributed by atoms with E-state index in [2.05, 4.69) is 15.1 Å². The van der Waals surface area contributed by atoms with Gasteiger partial charge in [-0.15, -0.1) is 0 Å². The minimum absolute atomic E-state index is 0.213. The second-order valence-electron chi connectivity index (χ2n) is 9.52. The van der Waals surface area contributed by atoms with Crippen molar-refractivity contribution in [3.8, 4) is 5.75 Å². The van der Waals surface area contributed by atoms with Crippen molar-refractivity contribution in [1.82, 2.24) is 24.6 Å². The van der Waals surface area contributed by atoms with Gasteiger partial charge < -0.3 is 24.3 Å². The number of hydrogen-bond acceptors (Lipinski definition) is 10. The number of carbonyl (C=O) groups excluding carboxylic acids is 1. The zero-order valence-corrected chi connectivity index (χ0v) is 24.1. The lowest BCUT2D eigenvalue weighted by Crippen LogP contribution is -2.37. The largest absolute Gasteiger partial charge is 0.462 e. The van der Waals surface area contributed by atoms with Crippen LogP contribution in [0.1, 0.15) is 40.4 Å². The molecule has 0 saturated carbocycles. The summed E-state index contributed by atoms with van der Waals surface area (Å²) < 4.78 is 38.7. The number of nitrogen functional groups attached to an aromatic ring is 1. The highest BCUT2D eigenvalue weighted by Crippen LogP contribution is 2.46. The Hall–Kier alpha value is -3.57. The van der Waals surface area contributed by atoms with Crippen LogP contribution in [0, 0.1) is 0 Å². The van der Waals surface area contributed by atoms with E-state index < -0.39 is 25.9 Å². The van der Waals surface area contributed by atoms with Gasteiger partial charge in [0, 0.05) is 18.2 Å². The molecule has 0 amide bonds. The molecule has 4 aromatic rings. The smallest absolute Gasteiger partial charge is 0.459 e. The highest BCUT2D eigenvalue weighted by atomic mass is 31.2. The average molecular weight is 571 g/mol. The van der Waals surface area contributed by atoms with Crippen LogP contribution >= 0.6 is 7.75 Å². The van der Waals surface area contributed by atoms with Gasteiger partial charge in [0.05, 0.1) is 36.0 Å². The zero-order valence-electron chi connectivity index (χ0n) is 23.2. The van der Waals surface area contributed by atoms with Gasteiger partial charge in [0.15, 0.2) is 5.82 Å². The van der Waals surface area contributed by atoms with E-state index in [0.717, 1.165) is 16.4 Å². The number of aromatic nitrogens is 4. The summed E-state index contributed by atoms with van der Waals surface area (Å²) >= 11 is 0. The lowest BCUT2D eigenvalue weighted by Gasteiger charge is -2.26. The lowest BCUT2D eigenvalue weighted by molar-refractivity contribution is -0.149. The Morgan fingerprint density at radius 2 is 1.90 bits per heavy atom. The molecule has 3 aromatic heterocycles. The number of hydrogen-bond donors (Lipinski definition) is 2. The number of fused-ring (bicyclic) bond motifs is 3. The van der Waals surface area contributed by atoms with Crippen molar-refractivity contribution in [2.75, 3.05) is 12.3 Å². The summed E-state index contributed by atoms with van der Waals surface area (Å²) in [6, 6.07) is 9.88. The Morgan fingerprint density at radius 1 is 1.12 bits per heavy atom. The summed E-state index contributed by atoms with van der Waals surface area (Å²) in [6.45, 7) is 9.58. The van der Waals surface area contributed by atoms with E-state index in [-0.39, 0.29) is 25.0 Å². The van der Waals surface area contributed by atoms with Gasteiger partial charge in [-0.1, -0.05) is 18.2 Å². The van der Waals surface area contributed by atoms with Crippen molar-refractivity contribution in [1.29, 1.82) is 0 Å². The third-order valence-electron chi connectivity index (χ3n) is 5.80. The van der Waals surface area contributed by atoms with Crippen LogP contribution in [-0.2, 0) is 36.5 Å². The van der Waals surface area contributed by atoms with Gasteiger partial charge >= 0.3 is 13.7 Å². The van der Waals surface area contributed by atoms with Crippen LogP contribution in [0.15, 0.2) is 48.8 Å². The Kier molecular flexibility index (Phi) is 9.36. The van der Waals surface area contributed by atoms with E-state index in [9.17, 15) is 9.36 Å². The molecule has 1 aromatic carbocycles. The first-order valence-electron chi connectivity index (χ1n) is 13.1. The van der Waals surface area contributed by atoms with Crippen molar-refractivity contribution in [2.45, 2.75) is 66.0 Å². The second-order valence-corrected chi connectivity index (χ2v) is 11.2. The lowest BCUT2D eigenvalue weighted by atomic mass is 10.2. The molecule has 3 N–H and O–H groups in total. The van der Waals surface area contributed by atoms with E-state index in [4.69, 9.17) is 29.2 Å². The molecule has 214 valence electrons. The van der Waals surface area contributed by atoms with Crippen LogP contribution in [-0.4, -0.2) is 50.3 Å². The first kappa shape index (κ1) is 29.4. The first-order valence-corrected chi connectivity index (χ1v) is 14.6. The summed E-state index contributed by atoms with van der Waals surface area (Å²) in [5.41, 5.74) is 8.31. The summed E-state index contributed by atoms with van der Waals surface area (Å²) in [6.07, 6.45) is 1.94. The predicted molar refractivity (Wildman–Crippen MR) is 152 cm³/mol. The third-order valence-corrected chi connectivity index (χ3v) is 7.59. The Labute approximate surface area is 232 Å². The number of nitrogens with one attached hydrogen (secondary N) is 1. The van der Waals surface area contributed by atoms with E-state index in [1.165, 1.54) is 13.1 Å². The number of nitrogens with zero attached hydrogens (tertiary/aromatic N) is 4. The molecule has 0 fully saturated rings. The van der Waals surface area contributed by atoms with Gasteiger partial charge in [-0.2, -0.15) is 5.09 Å². The number of pyridine rings is 2. The normalized spacial score (nSPS) is 14.8. The van der Waals surface area contributed by atoms with Crippen molar-refractivity contribution in [3.05, 3.63) is 54.6 Å². The molecule has 0 bridgehead atoms. The van der Waals surface area contributed by atoms with Crippen molar-refractivity contribution in [3.63, 3.8) is 0 Å². The highest BCUT2D eigenvalue weighted by molar-refractivity contribution is 7.52. The number of nitrogens with two attached hydrogens (primary N) is 1. The van der Waals surface area contributed by atoms with Crippen LogP contribution in [0.4, 0.5) is 5.82 Å². The molecular weight excluding hydrogens is 535 g/mol. The van der Waals surface area contributed by atoms with Gasteiger partial charge in [0.1, 0.15) is 29.7 Å². The number of imidazole rings is 1. The number of para-hydroxylation sites is 1. The molecule has 0 saturated heterocycles. The van der Waals surface area contributed by atoms with Crippen LogP contribution in [0.2, 0.25) is 0 Å². The SMILES string of the molecule is CCOCc1nc2c(N)nc3ccccc3c2n1C[C@@H](C)O[P@@](=O)(N[C@@H](C)C(=O)OC(C)C)Oc1cccnc1. The summed E-state index contributed by atoms with van der Waals surface area (Å²) in [7, 11) is -4.12. The number of carbonyl (C=O) groups is 1. The third kappa shape index (κ3) is 6.95. The fourth-order valence-corrected chi connectivity index (χ4v) is 5.84. The van der Waals surface area contributed by atoms with E-state index in [1.807, 2.05) is 35.8 Å².